The summed E-state index contributed by atoms with van der Waals surface area (Å²) in [6.45, 7) is 0.191. The fourth-order valence-electron chi connectivity index (χ4n) is 1.28. The molecule has 1 aromatic carbocycles. The largest absolute Gasteiger partial charge is 0.454 e. The molecule has 0 saturated heterocycles. The number of nitrogens with one attached hydrogen (secondary N) is 1. The maximum atomic E-state index is 9.99. The van der Waals surface area contributed by atoms with Gasteiger partial charge in [0.05, 0.1) is 6.21 Å². The molecule has 0 radical (unpaired) electrons. The highest BCUT2D eigenvalue weighted by Gasteiger charge is 2.12. The Balaban J connectivity index is 1.99. The molecule has 1 aliphatic heterocycles. The van der Waals surface area contributed by atoms with Gasteiger partial charge in [0.15, 0.2) is 16.5 Å². The smallest absolute Gasteiger partial charge is 0.286 e. The fraction of sp³-hybridized carbons (Fsp3) is 0.111. The average molecular weight is 251 g/mol. The Labute approximate surface area is 101 Å². The number of fused-ring (bicyclic) bond motifs is 1. The summed E-state index contributed by atoms with van der Waals surface area (Å²) in [5.74, 6) is 0.873. The minimum Gasteiger partial charge on any atom is -0.454 e. The van der Waals surface area contributed by atoms with Crippen LogP contribution in [0.1, 0.15) is 5.56 Å². The van der Waals surface area contributed by atoms with Gasteiger partial charge in [-0.15, -0.1) is 0 Å². The van der Waals surface area contributed by atoms with E-state index in [1.54, 1.807) is 18.2 Å². The van der Waals surface area contributed by atoms with E-state index in [0.29, 0.717) is 11.5 Å². The van der Waals surface area contributed by atoms with Crippen LogP contribution >= 0.6 is 0 Å². The van der Waals surface area contributed by atoms with E-state index < -0.39 is 11.0 Å². The van der Waals surface area contributed by atoms with E-state index in [4.69, 9.17) is 15.2 Å². The molecule has 0 unspecified atom stereocenters. The van der Waals surface area contributed by atoms with Crippen LogP contribution in [0.3, 0.4) is 0 Å². The molecule has 0 aromatic heterocycles. The third-order valence-electron chi connectivity index (χ3n) is 1.98. The van der Waals surface area contributed by atoms with E-state index in [9.17, 15) is 10.1 Å². The number of hydrogen-bond donors (Lipinski definition) is 2. The molecule has 9 heteroatoms. The number of ether oxygens (including phenoxy) is 2. The number of rotatable bonds is 3. The molecular formula is C9H9N5O4. The van der Waals surface area contributed by atoms with Crippen LogP contribution in [0.5, 0.6) is 11.5 Å². The maximum Gasteiger partial charge on any atom is 0.286 e. The molecule has 0 bridgehead atoms. The summed E-state index contributed by atoms with van der Waals surface area (Å²) in [6.07, 6.45) is 1.42. The Bertz CT molecular complexity index is 528. The average Bonchev–Trinajstić information content (AvgIpc) is 2.75. The van der Waals surface area contributed by atoms with Crippen molar-refractivity contribution < 1.29 is 14.5 Å². The molecule has 0 amide bonds. The highest BCUT2D eigenvalue weighted by Crippen LogP contribution is 2.31. The predicted molar refractivity (Wildman–Crippen MR) is 61.9 cm³/mol. The first kappa shape index (κ1) is 11.6. The van der Waals surface area contributed by atoms with Crippen LogP contribution in [0.15, 0.2) is 28.4 Å². The third kappa shape index (κ3) is 2.84. The molecule has 18 heavy (non-hydrogen) atoms. The SMILES string of the molecule is N/C(=N\[N+](=O)[O-])N/N=C\c1ccc2c(c1)OCO2. The summed E-state index contributed by atoms with van der Waals surface area (Å²) in [5, 5.41) is 15.6. The van der Waals surface area contributed by atoms with Gasteiger partial charge in [-0.2, -0.15) is 5.10 Å². The summed E-state index contributed by atoms with van der Waals surface area (Å²) >= 11 is 0. The van der Waals surface area contributed by atoms with Crippen LogP contribution in [0, 0.1) is 10.1 Å². The number of hydrogen-bond acceptors (Lipinski definition) is 5. The lowest BCUT2D eigenvalue weighted by Crippen LogP contribution is -2.28. The highest BCUT2D eigenvalue weighted by atomic mass is 16.7. The zero-order chi connectivity index (χ0) is 13.0. The predicted octanol–water partition coefficient (Wildman–Crippen LogP) is -0.155. The van der Waals surface area contributed by atoms with E-state index in [-0.39, 0.29) is 6.79 Å². The standard InChI is InChI=1S/C9H9N5O4/c10-9(13-14(15)16)12-11-4-6-1-2-7-8(3-6)18-5-17-7/h1-4H,5H2,(H3,10,12,13)/b11-4-. The first-order valence-corrected chi connectivity index (χ1v) is 4.82. The molecule has 1 aliphatic rings. The van der Waals surface area contributed by atoms with Crippen molar-refractivity contribution in [3.63, 3.8) is 0 Å². The molecular weight excluding hydrogens is 242 g/mol. The van der Waals surface area contributed by atoms with Gasteiger partial charge in [0.1, 0.15) is 5.10 Å². The van der Waals surface area contributed by atoms with Crippen molar-refractivity contribution in [3.8, 4) is 11.5 Å². The fourth-order valence-corrected chi connectivity index (χ4v) is 1.28. The summed E-state index contributed by atoms with van der Waals surface area (Å²) < 4.78 is 10.3. The topological polar surface area (TPSA) is 124 Å². The zero-order valence-corrected chi connectivity index (χ0v) is 9.07. The Morgan fingerprint density at radius 3 is 3.06 bits per heavy atom. The van der Waals surface area contributed by atoms with Gasteiger partial charge in [-0.1, -0.05) is 0 Å². The number of nitrogens with two attached hydrogens (primary N) is 1. The summed E-state index contributed by atoms with van der Waals surface area (Å²) in [6, 6.07) is 5.20. The van der Waals surface area contributed by atoms with Crippen molar-refractivity contribution in [2.75, 3.05) is 6.79 Å². The second kappa shape index (κ2) is 4.99. The van der Waals surface area contributed by atoms with Crippen LogP contribution in [0.4, 0.5) is 0 Å². The number of benzene rings is 1. The molecule has 0 atom stereocenters. The van der Waals surface area contributed by atoms with Gasteiger partial charge in [-0.05, 0) is 23.8 Å². The lowest BCUT2D eigenvalue weighted by atomic mass is 10.2. The van der Waals surface area contributed by atoms with Crippen molar-refractivity contribution in [2.45, 2.75) is 0 Å². The zero-order valence-electron chi connectivity index (χ0n) is 9.07. The first-order valence-electron chi connectivity index (χ1n) is 4.82. The van der Waals surface area contributed by atoms with Crippen LogP contribution in [0.25, 0.3) is 0 Å². The van der Waals surface area contributed by atoms with Crippen molar-refractivity contribution >= 4 is 12.2 Å². The minimum atomic E-state index is -0.918. The molecule has 94 valence electrons. The van der Waals surface area contributed by atoms with E-state index in [0.717, 1.165) is 5.56 Å². The third-order valence-corrected chi connectivity index (χ3v) is 1.98. The molecule has 1 aromatic rings. The van der Waals surface area contributed by atoms with Gasteiger partial charge in [0.2, 0.25) is 6.79 Å². The first-order chi connectivity index (χ1) is 8.65. The minimum absolute atomic E-state index is 0.191. The molecule has 0 spiro atoms. The van der Waals surface area contributed by atoms with Crippen LogP contribution < -0.4 is 20.6 Å². The van der Waals surface area contributed by atoms with Gasteiger partial charge in [-0.25, -0.2) is 15.5 Å². The van der Waals surface area contributed by atoms with Gasteiger partial charge in [-0.3, -0.25) is 0 Å². The molecule has 0 aliphatic carbocycles. The molecule has 3 N–H and O–H groups in total. The number of nitrogens with zero attached hydrogens (tertiary/aromatic N) is 3. The normalized spacial score (nSPS) is 13.9. The highest BCUT2D eigenvalue weighted by molar-refractivity contribution is 5.83. The van der Waals surface area contributed by atoms with Gasteiger partial charge in [0, 0.05) is 0 Å². The van der Waals surface area contributed by atoms with Gasteiger partial charge in [0.25, 0.3) is 5.96 Å². The van der Waals surface area contributed by atoms with Gasteiger partial charge < -0.3 is 15.2 Å². The summed E-state index contributed by atoms with van der Waals surface area (Å²) in [7, 11) is 0. The number of hydrazone groups is 2. The van der Waals surface area contributed by atoms with Crippen molar-refractivity contribution in [1.82, 2.24) is 5.43 Å². The second-order valence-corrected chi connectivity index (χ2v) is 3.21. The number of guanidine groups is 1. The Kier molecular flexibility index (Phi) is 3.23. The molecule has 1 heterocycles. The number of nitro groups is 1. The van der Waals surface area contributed by atoms with Gasteiger partial charge >= 0.3 is 0 Å². The second-order valence-electron chi connectivity index (χ2n) is 3.21. The molecule has 0 fully saturated rings. The van der Waals surface area contributed by atoms with E-state index in [1.165, 1.54) is 6.21 Å². The molecule has 0 saturated carbocycles. The summed E-state index contributed by atoms with van der Waals surface area (Å²) in [4.78, 5) is 9.99. The monoisotopic (exact) mass is 251 g/mol. The van der Waals surface area contributed by atoms with Crippen molar-refractivity contribution in [1.29, 1.82) is 0 Å². The van der Waals surface area contributed by atoms with Crippen LogP contribution in [0.2, 0.25) is 0 Å². The maximum absolute atomic E-state index is 9.99. The Hall–Kier alpha value is -2.84. The lowest BCUT2D eigenvalue weighted by Gasteiger charge is -1.97. The lowest BCUT2D eigenvalue weighted by molar-refractivity contribution is -0.485. The summed E-state index contributed by atoms with van der Waals surface area (Å²) in [5.41, 5.74) is 8.10. The van der Waals surface area contributed by atoms with E-state index in [1.807, 2.05) is 0 Å². The van der Waals surface area contributed by atoms with Crippen LogP contribution in [-0.2, 0) is 0 Å². The van der Waals surface area contributed by atoms with E-state index >= 15 is 0 Å². The van der Waals surface area contributed by atoms with Crippen LogP contribution in [-0.4, -0.2) is 24.0 Å². The Morgan fingerprint density at radius 2 is 2.28 bits per heavy atom. The van der Waals surface area contributed by atoms with Crippen molar-refractivity contribution in [3.05, 3.63) is 33.9 Å². The quantitative estimate of drug-likeness (QED) is 0.333. The van der Waals surface area contributed by atoms with Crippen molar-refractivity contribution in [2.24, 2.45) is 15.9 Å². The molecule has 2 rings (SSSR count). The molecule has 9 nitrogen and oxygen atoms in total. The Morgan fingerprint density at radius 1 is 1.50 bits per heavy atom. The van der Waals surface area contributed by atoms with E-state index in [2.05, 4.69) is 15.6 Å².